The highest BCUT2D eigenvalue weighted by molar-refractivity contribution is 5.82. The normalized spacial score (nSPS) is 26.0. The van der Waals surface area contributed by atoms with Gasteiger partial charge in [-0.25, -0.2) is 0 Å². The summed E-state index contributed by atoms with van der Waals surface area (Å²) in [6.07, 6.45) is 1.05. The van der Waals surface area contributed by atoms with Crippen LogP contribution in [-0.4, -0.2) is 25.2 Å². The molecule has 0 N–H and O–H groups in total. The fourth-order valence-corrected chi connectivity index (χ4v) is 1.94. The van der Waals surface area contributed by atoms with Gasteiger partial charge in [0.2, 0.25) is 0 Å². The van der Waals surface area contributed by atoms with E-state index in [2.05, 4.69) is 0 Å². The van der Waals surface area contributed by atoms with Crippen LogP contribution in [0, 0.1) is 10.8 Å². The Morgan fingerprint density at radius 1 is 1.19 bits per heavy atom. The minimum absolute atomic E-state index is 0.132. The van der Waals surface area contributed by atoms with Crippen LogP contribution >= 0.6 is 0 Å². The van der Waals surface area contributed by atoms with Gasteiger partial charge in [-0.1, -0.05) is 20.8 Å². The van der Waals surface area contributed by atoms with Crippen LogP contribution in [0.5, 0.6) is 0 Å². The molecule has 0 aromatic heterocycles. The monoisotopic (exact) mass is 228 g/mol. The zero-order chi connectivity index (χ0) is 12.4. The molecule has 1 unspecified atom stereocenters. The van der Waals surface area contributed by atoms with Crippen LogP contribution < -0.4 is 0 Å². The number of ether oxygens (including phenoxy) is 2. The molecule has 1 aliphatic carbocycles. The molecule has 0 radical (unpaired) electrons. The van der Waals surface area contributed by atoms with Crippen molar-refractivity contribution < 1.29 is 19.1 Å². The lowest BCUT2D eigenvalue weighted by atomic mass is 9.97. The van der Waals surface area contributed by atoms with E-state index in [4.69, 9.17) is 9.47 Å². The molecule has 1 aliphatic rings. The second-order valence-electron chi connectivity index (χ2n) is 4.88. The lowest BCUT2D eigenvalue weighted by Crippen LogP contribution is -2.30. The Morgan fingerprint density at radius 3 is 2.12 bits per heavy atom. The molecule has 0 amide bonds. The van der Waals surface area contributed by atoms with Crippen molar-refractivity contribution in [1.29, 1.82) is 0 Å². The van der Waals surface area contributed by atoms with Crippen molar-refractivity contribution in [1.82, 2.24) is 0 Å². The van der Waals surface area contributed by atoms with Gasteiger partial charge in [-0.2, -0.15) is 0 Å². The zero-order valence-corrected chi connectivity index (χ0v) is 10.5. The Labute approximate surface area is 96.3 Å². The van der Waals surface area contributed by atoms with Crippen LogP contribution in [0.15, 0.2) is 0 Å². The third-order valence-electron chi connectivity index (χ3n) is 3.35. The highest BCUT2D eigenvalue weighted by atomic mass is 16.6. The number of rotatable bonds is 5. The molecule has 1 rings (SSSR count). The molecule has 1 saturated carbocycles. The van der Waals surface area contributed by atoms with Gasteiger partial charge in [0.25, 0.3) is 0 Å². The van der Waals surface area contributed by atoms with Crippen molar-refractivity contribution in [3.63, 3.8) is 0 Å². The molecule has 92 valence electrons. The standard InChI is InChI=1S/C12H20O4/c1-5-9(13)16-8-12(7-11(12,3)4)10(14)15-6-2/h5-8H2,1-4H3. The van der Waals surface area contributed by atoms with Gasteiger partial charge in [0.05, 0.1) is 6.61 Å². The van der Waals surface area contributed by atoms with E-state index in [9.17, 15) is 9.59 Å². The number of hydrogen-bond donors (Lipinski definition) is 0. The fourth-order valence-electron chi connectivity index (χ4n) is 1.94. The van der Waals surface area contributed by atoms with E-state index in [1.165, 1.54) is 0 Å². The van der Waals surface area contributed by atoms with Gasteiger partial charge in [-0.15, -0.1) is 0 Å². The Hall–Kier alpha value is -1.06. The van der Waals surface area contributed by atoms with Gasteiger partial charge in [-0.05, 0) is 18.8 Å². The number of hydrogen-bond acceptors (Lipinski definition) is 4. The summed E-state index contributed by atoms with van der Waals surface area (Å²) in [5, 5.41) is 0. The maximum atomic E-state index is 11.8. The summed E-state index contributed by atoms with van der Waals surface area (Å²) in [5.41, 5.74) is -0.749. The second kappa shape index (κ2) is 4.44. The molecule has 0 saturated heterocycles. The first-order valence-corrected chi connectivity index (χ1v) is 5.72. The number of esters is 2. The first-order valence-electron chi connectivity index (χ1n) is 5.72. The molecular formula is C12H20O4. The third-order valence-corrected chi connectivity index (χ3v) is 3.35. The molecule has 1 fully saturated rings. The summed E-state index contributed by atoms with van der Waals surface area (Å²) in [7, 11) is 0. The first kappa shape index (κ1) is 13.0. The molecular weight excluding hydrogens is 208 g/mol. The van der Waals surface area contributed by atoms with Gasteiger partial charge in [0.15, 0.2) is 0 Å². The molecule has 4 nitrogen and oxygen atoms in total. The van der Waals surface area contributed by atoms with Crippen molar-refractivity contribution in [3.05, 3.63) is 0 Å². The number of carbonyl (C=O) groups is 2. The highest BCUT2D eigenvalue weighted by Gasteiger charge is 2.68. The lowest BCUT2D eigenvalue weighted by Gasteiger charge is -2.18. The lowest BCUT2D eigenvalue weighted by molar-refractivity contribution is -0.158. The van der Waals surface area contributed by atoms with Crippen LogP contribution in [0.1, 0.15) is 40.5 Å². The summed E-state index contributed by atoms with van der Waals surface area (Å²) >= 11 is 0. The van der Waals surface area contributed by atoms with Crippen LogP contribution in [-0.2, 0) is 19.1 Å². The van der Waals surface area contributed by atoms with Crippen molar-refractivity contribution in [2.45, 2.75) is 40.5 Å². The van der Waals surface area contributed by atoms with Gasteiger partial charge in [0, 0.05) is 6.42 Å². The quantitative estimate of drug-likeness (QED) is 0.674. The Morgan fingerprint density at radius 2 is 1.75 bits per heavy atom. The SMILES string of the molecule is CCOC(=O)C1(COC(=O)CC)CC1(C)C. The predicted molar refractivity (Wildman–Crippen MR) is 58.7 cm³/mol. The maximum absolute atomic E-state index is 11.8. The second-order valence-corrected chi connectivity index (χ2v) is 4.88. The molecule has 0 spiro atoms. The zero-order valence-electron chi connectivity index (χ0n) is 10.5. The van der Waals surface area contributed by atoms with E-state index in [-0.39, 0.29) is 24.0 Å². The topological polar surface area (TPSA) is 52.6 Å². The first-order chi connectivity index (χ1) is 7.39. The van der Waals surface area contributed by atoms with E-state index < -0.39 is 5.41 Å². The van der Waals surface area contributed by atoms with Crippen molar-refractivity contribution in [2.24, 2.45) is 10.8 Å². The van der Waals surface area contributed by atoms with E-state index in [0.29, 0.717) is 13.0 Å². The molecule has 0 aliphatic heterocycles. The van der Waals surface area contributed by atoms with Crippen LogP contribution in [0.2, 0.25) is 0 Å². The van der Waals surface area contributed by atoms with Crippen molar-refractivity contribution in [2.75, 3.05) is 13.2 Å². The van der Waals surface area contributed by atoms with Gasteiger partial charge >= 0.3 is 11.9 Å². The minimum Gasteiger partial charge on any atom is -0.465 e. The minimum atomic E-state index is -0.617. The fraction of sp³-hybridized carbons (Fsp3) is 0.833. The summed E-state index contributed by atoms with van der Waals surface area (Å²) in [4.78, 5) is 22.9. The van der Waals surface area contributed by atoms with Crippen LogP contribution in [0.25, 0.3) is 0 Å². The maximum Gasteiger partial charge on any atom is 0.316 e. The summed E-state index contributed by atoms with van der Waals surface area (Å²) in [5.74, 6) is -0.518. The smallest absolute Gasteiger partial charge is 0.316 e. The van der Waals surface area contributed by atoms with Crippen molar-refractivity contribution >= 4 is 11.9 Å². The van der Waals surface area contributed by atoms with Crippen LogP contribution in [0.4, 0.5) is 0 Å². The average molecular weight is 228 g/mol. The predicted octanol–water partition coefficient (Wildman–Crippen LogP) is 1.92. The third kappa shape index (κ3) is 2.20. The van der Waals surface area contributed by atoms with Gasteiger partial charge < -0.3 is 9.47 Å². The van der Waals surface area contributed by atoms with Crippen LogP contribution in [0.3, 0.4) is 0 Å². The van der Waals surface area contributed by atoms with E-state index in [1.807, 2.05) is 13.8 Å². The summed E-state index contributed by atoms with van der Waals surface area (Å²) in [6.45, 7) is 7.99. The summed E-state index contributed by atoms with van der Waals surface area (Å²) < 4.78 is 10.1. The number of carbonyl (C=O) groups excluding carboxylic acids is 2. The van der Waals surface area contributed by atoms with Gasteiger partial charge in [0.1, 0.15) is 12.0 Å². The largest absolute Gasteiger partial charge is 0.465 e. The highest BCUT2D eigenvalue weighted by Crippen LogP contribution is 2.64. The Balaban J connectivity index is 2.62. The molecule has 0 heterocycles. The molecule has 0 bridgehead atoms. The molecule has 1 atom stereocenters. The summed E-state index contributed by atoms with van der Waals surface area (Å²) in [6, 6.07) is 0. The Kier molecular flexibility index (Phi) is 3.61. The van der Waals surface area contributed by atoms with E-state index in [1.54, 1.807) is 13.8 Å². The van der Waals surface area contributed by atoms with E-state index >= 15 is 0 Å². The van der Waals surface area contributed by atoms with E-state index in [0.717, 1.165) is 6.42 Å². The van der Waals surface area contributed by atoms with Crippen molar-refractivity contribution in [3.8, 4) is 0 Å². The molecule has 0 aromatic carbocycles. The average Bonchev–Trinajstić information content (AvgIpc) is 2.79. The molecule has 16 heavy (non-hydrogen) atoms. The molecule has 4 heteroatoms. The van der Waals surface area contributed by atoms with Gasteiger partial charge in [-0.3, -0.25) is 9.59 Å². The Bertz CT molecular complexity index is 295. The molecule has 0 aromatic rings.